The van der Waals surface area contributed by atoms with E-state index in [0.717, 1.165) is 29.9 Å². The molecule has 0 saturated carbocycles. The number of carboxylic acids is 1. The number of thioether (sulfide) groups is 1. The van der Waals surface area contributed by atoms with Crippen molar-refractivity contribution in [2.24, 2.45) is 0 Å². The Bertz CT molecular complexity index is 802. The fraction of sp³-hybridized carbons (Fsp3) is 0.250. The van der Waals surface area contributed by atoms with Crippen molar-refractivity contribution in [2.45, 2.75) is 17.1 Å². The van der Waals surface area contributed by atoms with Gasteiger partial charge in [0.15, 0.2) is 0 Å². The highest BCUT2D eigenvalue weighted by Gasteiger charge is 2.19. The Balaban J connectivity index is 0.00000225. The van der Waals surface area contributed by atoms with Crippen LogP contribution in [-0.2, 0) is 5.75 Å². The Labute approximate surface area is 159 Å². The molecule has 0 saturated heterocycles. The maximum Gasteiger partial charge on any atom is 0.335 e. The fourth-order valence-corrected chi connectivity index (χ4v) is 3.96. The van der Waals surface area contributed by atoms with Crippen LogP contribution in [0, 0.1) is 0 Å². The average molecular weight is 376 g/mol. The standard InChI is InChI=1S/C20H21NO2S.ClH/c1-21(2)11-5-7-16-17-6-3-4-8-19(17)24-13-15-10-9-14(20(22)23)12-18(15)16;/h3-4,6-10,12H,5,11,13H2,1-2H3,(H,22,23);1H/b16-7+;. The quantitative estimate of drug-likeness (QED) is 0.833. The topological polar surface area (TPSA) is 40.5 Å². The van der Waals surface area contributed by atoms with Gasteiger partial charge < -0.3 is 10.0 Å². The molecule has 0 bridgehead atoms. The third kappa shape index (κ3) is 4.46. The molecule has 1 aliphatic rings. The van der Waals surface area contributed by atoms with Gasteiger partial charge in [-0.25, -0.2) is 4.79 Å². The molecule has 0 spiro atoms. The zero-order valence-electron chi connectivity index (χ0n) is 14.4. The van der Waals surface area contributed by atoms with Crippen LogP contribution in [0.2, 0.25) is 0 Å². The summed E-state index contributed by atoms with van der Waals surface area (Å²) in [5.74, 6) is -0.0207. The number of rotatable bonds is 4. The second-order valence-corrected chi connectivity index (χ2v) is 7.19. The Hall–Kier alpha value is -1.75. The van der Waals surface area contributed by atoms with Crippen LogP contribution in [0.15, 0.2) is 53.4 Å². The second-order valence-electron chi connectivity index (χ2n) is 6.17. The van der Waals surface area contributed by atoms with Gasteiger partial charge in [0.2, 0.25) is 0 Å². The Morgan fingerprint density at radius 2 is 1.96 bits per heavy atom. The summed E-state index contributed by atoms with van der Waals surface area (Å²) in [6.45, 7) is 0.965. The van der Waals surface area contributed by atoms with Gasteiger partial charge in [-0.15, -0.1) is 24.2 Å². The largest absolute Gasteiger partial charge is 0.478 e. The van der Waals surface area contributed by atoms with Gasteiger partial charge in [0, 0.05) is 17.2 Å². The average Bonchev–Trinajstić information content (AvgIpc) is 2.71. The highest BCUT2D eigenvalue weighted by atomic mass is 35.5. The van der Waals surface area contributed by atoms with Gasteiger partial charge in [0.25, 0.3) is 0 Å². The lowest BCUT2D eigenvalue weighted by atomic mass is 9.92. The summed E-state index contributed by atoms with van der Waals surface area (Å²) in [5.41, 5.74) is 4.93. The van der Waals surface area contributed by atoms with E-state index in [9.17, 15) is 9.90 Å². The number of benzene rings is 2. The lowest BCUT2D eigenvalue weighted by Gasteiger charge is -2.13. The van der Waals surface area contributed by atoms with Crippen molar-refractivity contribution in [1.29, 1.82) is 0 Å². The lowest BCUT2D eigenvalue weighted by molar-refractivity contribution is 0.0697. The summed E-state index contributed by atoms with van der Waals surface area (Å²) in [6, 6.07) is 13.9. The minimum absolute atomic E-state index is 0. The molecule has 2 aromatic rings. The van der Waals surface area contributed by atoms with Crippen molar-refractivity contribution >= 4 is 35.7 Å². The van der Waals surface area contributed by atoms with Gasteiger partial charge in [0.05, 0.1) is 5.56 Å². The highest BCUT2D eigenvalue weighted by Crippen LogP contribution is 2.40. The molecule has 0 aromatic heterocycles. The molecule has 5 heteroatoms. The van der Waals surface area contributed by atoms with Crippen molar-refractivity contribution in [3.8, 4) is 0 Å². The summed E-state index contributed by atoms with van der Waals surface area (Å²) >= 11 is 1.81. The van der Waals surface area contributed by atoms with Crippen molar-refractivity contribution < 1.29 is 9.90 Å². The smallest absolute Gasteiger partial charge is 0.335 e. The van der Waals surface area contributed by atoms with Gasteiger partial charge in [-0.05, 0) is 61.0 Å². The van der Waals surface area contributed by atoms with Gasteiger partial charge in [-0.3, -0.25) is 0 Å². The van der Waals surface area contributed by atoms with Crippen molar-refractivity contribution in [1.82, 2.24) is 4.90 Å². The van der Waals surface area contributed by atoms with Crippen LogP contribution in [-0.4, -0.2) is 36.6 Å². The van der Waals surface area contributed by atoms with E-state index in [2.05, 4.69) is 43.3 Å². The summed E-state index contributed by atoms with van der Waals surface area (Å²) in [5, 5.41) is 9.36. The number of carbonyl (C=O) groups is 1. The molecule has 0 fully saturated rings. The Morgan fingerprint density at radius 3 is 2.68 bits per heavy atom. The van der Waals surface area contributed by atoms with E-state index < -0.39 is 5.97 Å². The molecular formula is C20H22ClNO2S. The predicted octanol–water partition coefficient (Wildman–Crippen LogP) is 4.80. The van der Waals surface area contributed by atoms with Crippen LogP contribution in [0.4, 0.5) is 0 Å². The molecule has 0 amide bonds. The molecule has 0 atom stereocenters. The molecule has 3 nitrogen and oxygen atoms in total. The number of hydrogen-bond donors (Lipinski definition) is 1. The normalized spacial score (nSPS) is 14.4. The van der Waals surface area contributed by atoms with Crippen LogP contribution in [0.3, 0.4) is 0 Å². The van der Waals surface area contributed by atoms with Gasteiger partial charge in [0.1, 0.15) is 0 Å². The third-order valence-corrected chi connectivity index (χ3v) is 5.25. The number of halogens is 1. The third-order valence-electron chi connectivity index (χ3n) is 4.13. The van der Waals surface area contributed by atoms with E-state index in [4.69, 9.17) is 0 Å². The van der Waals surface area contributed by atoms with Gasteiger partial charge >= 0.3 is 5.97 Å². The number of carboxylic acid groups (broad SMARTS) is 1. The first kappa shape index (κ1) is 19.6. The Kier molecular flexibility index (Phi) is 6.71. The molecule has 0 aliphatic carbocycles. The summed E-state index contributed by atoms with van der Waals surface area (Å²) in [7, 11) is 4.12. The van der Waals surface area contributed by atoms with Gasteiger partial charge in [-0.2, -0.15) is 0 Å². The van der Waals surface area contributed by atoms with E-state index in [1.807, 2.05) is 30.0 Å². The zero-order valence-corrected chi connectivity index (χ0v) is 16.0. The molecule has 132 valence electrons. The molecule has 0 radical (unpaired) electrons. The lowest BCUT2D eigenvalue weighted by Crippen LogP contribution is -2.12. The maximum atomic E-state index is 11.4. The monoisotopic (exact) mass is 375 g/mol. The van der Waals surface area contributed by atoms with Gasteiger partial charge in [-0.1, -0.05) is 30.3 Å². The number of nitrogens with zero attached hydrogens (tertiary/aromatic N) is 1. The zero-order chi connectivity index (χ0) is 17.1. The van der Waals surface area contributed by atoms with E-state index in [0.29, 0.717) is 5.56 Å². The molecular weight excluding hydrogens is 354 g/mol. The predicted molar refractivity (Wildman–Crippen MR) is 107 cm³/mol. The molecule has 2 aromatic carbocycles. The number of fused-ring (bicyclic) bond motifs is 2. The second kappa shape index (κ2) is 8.56. The SMILES string of the molecule is CN(C)CC/C=C1/c2cc(C(=O)O)ccc2CSc2ccccc21.Cl. The van der Waals surface area contributed by atoms with E-state index in [-0.39, 0.29) is 12.4 Å². The first-order valence-electron chi connectivity index (χ1n) is 8.00. The van der Waals surface area contributed by atoms with Crippen molar-refractivity contribution in [2.75, 3.05) is 20.6 Å². The van der Waals surface area contributed by atoms with Crippen molar-refractivity contribution in [3.05, 3.63) is 70.8 Å². The van der Waals surface area contributed by atoms with Crippen LogP contribution in [0.25, 0.3) is 5.57 Å². The number of aromatic carboxylic acids is 1. The van der Waals surface area contributed by atoms with E-state index in [1.54, 1.807) is 6.07 Å². The summed E-state index contributed by atoms with van der Waals surface area (Å²) in [6.07, 6.45) is 3.17. The Morgan fingerprint density at radius 1 is 1.20 bits per heavy atom. The van der Waals surface area contributed by atoms with Crippen LogP contribution >= 0.6 is 24.2 Å². The van der Waals surface area contributed by atoms with E-state index >= 15 is 0 Å². The summed E-state index contributed by atoms with van der Waals surface area (Å²) < 4.78 is 0. The first-order valence-corrected chi connectivity index (χ1v) is 8.98. The van der Waals surface area contributed by atoms with Crippen molar-refractivity contribution in [3.63, 3.8) is 0 Å². The first-order chi connectivity index (χ1) is 11.6. The fourth-order valence-electron chi connectivity index (χ4n) is 2.89. The van der Waals surface area contributed by atoms with Crippen LogP contribution in [0.5, 0.6) is 0 Å². The molecule has 1 N–H and O–H groups in total. The van der Waals surface area contributed by atoms with Crippen LogP contribution in [0.1, 0.15) is 33.5 Å². The number of hydrogen-bond acceptors (Lipinski definition) is 3. The van der Waals surface area contributed by atoms with Crippen LogP contribution < -0.4 is 0 Å². The molecule has 3 rings (SSSR count). The molecule has 0 unspecified atom stereocenters. The minimum Gasteiger partial charge on any atom is -0.478 e. The maximum absolute atomic E-state index is 11.4. The summed E-state index contributed by atoms with van der Waals surface area (Å²) in [4.78, 5) is 14.8. The van der Waals surface area contributed by atoms with E-state index in [1.165, 1.54) is 16.0 Å². The molecule has 1 aliphatic heterocycles. The highest BCUT2D eigenvalue weighted by molar-refractivity contribution is 7.98. The molecule has 1 heterocycles. The molecule has 25 heavy (non-hydrogen) atoms. The minimum atomic E-state index is -0.879.